The number of rotatable bonds is 4. The van der Waals surface area contributed by atoms with Crippen LogP contribution in [0.15, 0.2) is 47.6 Å². The number of nitrogens with one attached hydrogen (secondary N) is 1. The number of fused-ring (bicyclic) bond motifs is 3. The fraction of sp³-hybridized carbons (Fsp3) is 0.458. The summed E-state index contributed by atoms with van der Waals surface area (Å²) in [6, 6.07) is 14.5. The van der Waals surface area contributed by atoms with Crippen LogP contribution in [0.3, 0.4) is 0 Å². The number of nitrogens with zero attached hydrogens (tertiary/aromatic N) is 3. The van der Waals surface area contributed by atoms with Gasteiger partial charge in [0.1, 0.15) is 18.1 Å². The second kappa shape index (κ2) is 7.34. The standard InChI is InChI=1S/C24H28N4O3/c1-29-19-7-5-17(6-8-19)15-28-13-14-30-21-4-2-3-20(22(21)28)23-25-24(31-26-23)16-27-11-9-18(24)10-12-27/h2-8,18H,9-16H2,1H3,(H,25,26). The summed E-state index contributed by atoms with van der Waals surface area (Å²) in [5.41, 5.74) is 2.97. The van der Waals surface area contributed by atoms with E-state index in [0.29, 0.717) is 12.5 Å². The van der Waals surface area contributed by atoms with E-state index in [0.717, 1.165) is 74.2 Å². The van der Waals surface area contributed by atoms with Crippen molar-refractivity contribution in [3.63, 3.8) is 0 Å². The zero-order valence-electron chi connectivity index (χ0n) is 17.8. The summed E-state index contributed by atoms with van der Waals surface area (Å²) in [6.07, 6.45) is 2.32. The lowest BCUT2D eigenvalue weighted by atomic mass is 9.81. The molecule has 2 bridgehead atoms. The Bertz CT molecular complexity index is 1000. The lowest BCUT2D eigenvalue weighted by Gasteiger charge is -2.49. The molecule has 0 radical (unpaired) electrons. The maximum absolute atomic E-state index is 6.11. The number of oxime groups is 1. The molecule has 31 heavy (non-hydrogen) atoms. The number of methoxy groups -OCH3 is 1. The average molecular weight is 421 g/mol. The Morgan fingerprint density at radius 2 is 1.97 bits per heavy atom. The molecular formula is C24H28N4O3. The molecule has 1 N–H and O–H groups in total. The first-order chi connectivity index (χ1) is 15.2. The van der Waals surface area contributed by atoms with E-state index >= 15 is 0 Å². The minimum absolute atomic E-state index is 0.384. The van der Waals surface area contributed by atoms with Crippen LogP contribution in [0, 0.1) is 5.92 Å². The van der Waals surface area contributed by atoms with Crippen molar-refractivity contribution < 1.29 is 14.3 Å². The minimum Gasteiger partial charge on any atom is -0.497 e. The number of hydrogen-bond acceptors (Lipinski definition) is 7. The third-order valence-electron chi connectivity index (χ3n) is 7.06. The Morgan fingerprint density at radius 3 is 2.71 bits per heavy atom. The van der Waals surface area contributed by atoms with Gasteiger partial charge in [-0.25, -0.2) is 0 Å². The number of anilines is 1. The van der Waals surface area contributed by atoms with Crippen LogP contribution in [0.5, 0.6) is 11.5 Å². The summed E-state index contributed by atoms with van der Waals surface area (Å²) >= 11 is 0. The van der Waals surface area contributed by atoms with Crippen molar-refractivity contribution in [3.8, 4) is 11.5 Å². The lowest BCUT2D eigenvalue weighted by molar-refractivity contribution is -0.148. The molecule has 7 heteroatoms. The number of benzene rings is 2. The van der Waals surface area contributed by atoms with Crippen LogP contribution < -0.4 is 19.7 Å². The summed E-state index contributed by atoms with van der Waals surface area (Å²) in [5.74, 6) is 3.09. The molecule has 0 aromatic heterocycles. The molecular weight excluding hydrogens is 392 g/mol. The smallest absolute Gasteiger partial charge is 0.224 e. The average Bonchev–Trinajstić information content (AvgIpc) is 3.23. The zero-order chi connectivity index (χ0) is 20.8. The van der Waals surface area contributed by atoms with Gasteiger partial charge in [-0.3, -0.25) is 4.90 Å². The summed E-state index contributed by atoms with van der Waals surface area (Å²) in [4.78, 5) is 11.0. The van der Waals surface area contributed by atoms with Crippen LogP contribution in [0.4, 0.5) is 5.69 Å². The molecule has 0 amide bonds. The molecule has 5 aliphatic rings. The zero-order valence-corrected chi connectivity index (χ0v) is 17.8. The van der Waals surface area contributed by atoms with Gasteiger partial charge in [0.05, 0.1) is 25.9 Å². The van der Waals surface area contributed by atoms with Crippen molar-refractivity contribution in [2.24, 2.45) is 11.1 Å². The highest BCUT2D eigenvalue weighted by Gasteiger charge is 2.52. The Balaban J connectivity index is 1.29. The van der Waals surface area contributed by atoms with Gasteiger partial charge in [-0.1, -0.05) is 23.4 Å². The van der Waals surface area contributed by atoms with E-state index < -0.39 is 0 Å². The van der Waals surface area contributed by atoms with Crippen molar-refractivity contribution in [3.05, 3.63) is 53.6 Å². The predicted molar refractivity (Wildman–Crippen MR) is 119 cm³/mol. The molecule has 1 spiro atoms. The van der Waals surface area contributed by atoms with Gasteiger partial charge in [0.25, 0.3) is 0 Å². The van der Waals surface area contributed by atoms with E-state index in [9.17, 15) is 0 Å². The number of ether oxygens (including phenoxy) is 2. The van der Waals surface area contributed by atoms with Gasteiger partial charge < -0.3 is 24.5 Å². The van der Waals surface area contributed by atoms with Gasteiger partial charge in [0.15, 0.2) is 5.84 Å². The normalized spacial score (nSPS) is 28.4. The van der Waals surface area contributed by atoms with Gasteiger partial charge >= 0.3 is 0 Å². The minimum atomic E-state index is -0.384. The van der Waals surface area contributed by atoms with Gasteiger partial charge in [-0.2, -0.15) is 0 Å². The molecule has 7 nitrogen and oxygen atoms in total. The fourth-order valence-electron chi connectivity index (χ4n) is 5.40. The third kappa shape index (κ3) is 3.19. The van der Waals surface area contributed by atoms with Gasteiger partial charge in [0.2, 0.25) is 5.72 Å². The van der Waals surface area contributed by atoms with Crippen LogP contribution >= 0.6 is 0 Å². The van der Waals surface area contributed by atoms with Crippen LogP contribution in [0.1, 0.15) is 24.0 Å². The Labute approximate surface area is 182 Å². The van der Waals surface area contributed by atoms with E-state index in [-0.39, 0.29) is 5.72 Å². The maximum atomic E-state index is 6.11. The molecule has 2 aromatic rings. The van der Waals surface area contributed by atoms with Crippen molar-refractivity contribution in [2.45, 2.75) is 25.1 Å². The van der Waals surface area contributed by atoms with Crippen molar-refractivity contribution in [1.82, 2.24) is 10.2 Å². The first-order valence-corrected chi connectivity index (χ1v) is 11.1. The monoisotopic (exact) mass is 420 g/mol. The Kier molecular flexibility index (Phi) is 4.45. The molecule has 3 saturated heterocycles. The van der Waals surface area contributed by atoms with E-state index in [2.05, 4.69) is 38.5 Å². The largest absolute Gasteiger partial charge is 0.497 e. The first-order valence-electron chi connectivity index (χ1n) is 11.1. The molecule has 5 heterocycles. The summed E-state index contributed by atoms with van der Waals surface area (Å²) < 4.78 is 11.3. The third-order valence-corrected chi connectivity index (χ3v) is 7.06. The second-order valence-electron chi connectivity index (χ2n) is 8.87. The molecule has 0 aliphatic carbocycles. The van der Waals surface area contributed by atoms with E-state index in [1.807, 2.05) is 24.3 Å². The predicted octanol–water partition coefficient (Wildman–Crippen LogP) is 2.80. The number of hydrogen-bond donors (Lipinski definition) is 1. The summed E-state index contributed by atoms with van der Waals surface area (Å²) in [5, 5.41) is 8.25. The SMILES string of the molecule is COc1ccc(CN2CCOc3cccc(C4=NOC5(CN6CCC5CC6)N4)c32)cc1. The highest BCUT2D eigenvalue weighted by Crippen LogP contribution is 2.41. The van der Waals surface area contributed by atoms with E-state index in [1.165, 1.54) is 5.56 Å². The molecule has 1 atom stereocenters. The molecule has 162 valence electrons. The quantitative estimate of drug-likeness (QED) is 0.821. The first kappa shape index (κ1) is 18.8. The van der Waals surface area contributed by atoms with Gasteiger partial charge in [-0.15, -0.1) is 0 Å². The highest BCUT2D eigenvalue weighted by atomic mass is 16.7. The van der Waals surface area contributed by atoms with Gasteiger partial charge in [0, 0.05) is 18.0 Å². The van der Waals surface area contributed by atoms with Crippen molar-refractivity contribution >= 4 is 11.5 Å². The lowest BCUT2D eigenvalue weighted by Crippen LogP contribution is -2.65. The molecule has 3 fully saturated rings. The van der Waals surface area contributed by atoms with Crippen LogP contribution in [-0.4, -0.2) is 56.4 Å². The van der Waals surface area contributed by atoms with Crippen LogP contribution in [-0.2, 0) is 11.4 Å². The Hall–Kier alpha value is -2.93. The summed E-state index contributed by atoms with van der Waals surface area (Å²) in [7, 11) is 1.69. The fourth-order valence-corrected chi connectivity index (χ4v) is 5.40. The van der Waals surface area contributed by atoms with Crippen LogP contribution in [0.25, 0.3) is 0 Å². The van der Waals surface area contributed by atoms with Crippen molar-refractivity contribution in [2.75, 3.05) is 44.8 Å². The molecule has 7 rings (SSSR count). The molecule has 5 aliphatic heterocycles. The summed E-state index contributed by atoms with van der Waals surface area (Å²) in [6.45, 7) is 5.52. The maximum Gasteiger partial charge on any atom is 0.224 e. The van der Waals surface area contributed by atoms with Crippen molar-refractivity contribution in [1.29, 1.82) is 0 Å². The molecule has 2 aromatic carbocycles. The van der Waals surface area contributed by atoms with Crippen LogP contribution in [0.2, 0.25) is 0 Å². The number of para-hydroxylation sites is 1. The number of amidine groups is 1. The van der Waals surface area contributed by atoms with E-state index in [4.69, 9.17) is 14.3 Å². The Morgan fingerprint density at radius 1 is 1.13 bits per heavy atom. The second-order valence-corrected chi connectivity index (χ2v) is 8.87. The molecule has 0 saturated carbocycles. The number of piperidine rings is 3. The topological polar surface area (TPSA) is 58.6 Å². The van der Waals surface area contributed by atoms with Gasteiger partial charge in [-0.05, 0) is 55.8 Å². The van der Waals surface area contributed by atoms with E-state index in [1.54, 1.807) is 7.11 Å². The highest BCUT2D eigenvalue weighted by molar-refractivity contribution is 6.05. The molecule has 1 unspecified atom stereocenters.